The molecule has 37 heavy (non-hydrogen) atoms. The van der Waals surface area contributed by atoms with Gasteiger partial charge in [-0.15, -0.1) is 0 Å². The Balaban J connectivity index is 1.99. The van der Waals surface area contributed by atoms with E-state index >= 15 is 0 Å². The molecule has 1 aromatic carbocycles. The minimum Gasteiger partial charge on any atom is -0.463 e. The van der Waals surface area contributed by atoms with Crippen molar-refractivity contribution < 1.29 is 36.7 Å². The second-order valence-electron chi connectivity index (χ2n) is 7.48. The summed E-state index contributed by atoms with van der Waals surface area (Å²) in [5.74, 6) is -2.66. The third-order valence-electron chi connectivity index (χ3n) is 4.47. The van der Waals surface area contributed by atoms with Crippen LogP contribution in [0.5, 0.6) is 17.4 Å². The van der Waals surface area contributed by atoms with Gasteiger partial charge in [-0.2, -0.15) is 13.2 Å². The molecule has 0 spiro atoms. The number of carbonyl (C=O) groups excluding carboxylic acids is 1. The summed E-state index contributed by atoms with van der Waals surface area (Å²) in [7, 11) is 0.781. The van der Waals surface area contributed by atoms with E-state index in [9.17, 15) is 31.9 Å². The van der Waals surface area contributed by atoms with Crippen LogP contribution in [-0.2, 0) is 22.9 Å². The molecule has 196 valence electrons. The monoisotopic (exact) mass is 544 g/mol. The van der Waals surface area contributed by atoms with Crippen LogP contribution in [0, 0.1) is 5.82 Å². The summed E-state index contributed by atoms with van der Waals surface area (Å²) in [6.07, 6.45) is -3.69. The normalized spacial score (nSPS) is 11.1. The zero-order valence-electron chi connectivity index (χ0n) is 19.3. The Bertz CT molecular complexity index is 1500. The molecule has 2 aromatic heterocycles. The Hall–Kier alpha value is -4.20. The SMILES string of the molecule is CC(C)=NOC(=O)COc1ncccc1Oc1cc(-n2c(=O)cc(C(F)(F)F)n(C)c2=O)c(F)cc1Cl. The van der Waals surface area contributed by atoms with Crippen LogP contribution >= 0.6 is 11.6 Å². The summed E-state index contributed by atoms with van der Waals surface area (Å²) in [5.41, 5.74) is -4.64. The van der Waals surface area contributed by atoms with E-state index in [1.165, 1.54) is 18.3 Å². The maximum atomic E-state index is 14.7. The van der Waals surface area contributed by atoms with Gasteiger partial charge in [0.2, 0.25) is 0 Å². The average molecular weight is 545 g/mol. The van der Waals surface area contributed by atoms with Crippen molar-refractivity contribution in [2.75, 3.05) is 6.61 Å². The number of ether oxygens (including phenoxy) is 2. The number of pyridine rings is 1. The third kappa shape index (κ3) is 6.33. The Labute approximate surface area is 210 Å². The molecule has 0 fully saturated rings. The van der Waals surface area contributed by atoms with Crippen LogP contribution < -0.4 is 20.7 Å². The van der Waals surface area contributed by atoms with Crippen molar-refractivity contribution in [3.05, 3.63) is 73.9 Å². The Kier molecular flexibility index (Phi) is 8.01. The number of carbonyl (C=O) groups is 1. The van der Waals surface area contributed by atoms with Crippen LogP contribution in [0.3, 0.4) is 0 Å². The molecule has 0 saturated carbocycles. The van der Waals surface area contributed by atoms with Crippen molar-refractivity contribution in [1.82, 2.24) is 14.1 Å². The fourth-order valence-corrected chi connectivity index (χ4v) is 3.05. The largest absolute Gasteiger partial charge is 0.463 e. The van der Waals surface area contributed by atoms with Gasteiger partial charge in [-0.1, -0.05) is 16.8 Å². The van der Waals surface area contributed by atoms with Gasteiger partial charge in [-0.3, -0.25) is 9.36 Å². The van der Waals surface area contributed by atoms with Crippen LogP contribution in [0.25, 0.3) is 5.69 Å². The molecule has 0 aliphatic heterocycles. The molecule has 3 rings (SSSR count). The summed E-state index contributed by atoms with van der Waals surface area (Å²) in [5, 5.41) is 3.17. The van der Waals surface area contributed by atoms with E-state index in [1.54, 1.807) is 13.8 Å². The van der Waals surface area contributed by atoms with Crippen molar-refractivity contribution in [3.8, 4) is 23.1 Å². The van der Waals surface area contributed by atoms with Gasteiger partial charge in [0.25, 0.3) is 11.4 Å². The number of rotatable bonds is 7. The minimum absolute atomic E-state index is 0.113. The summed E-state index contributed by atoms with van der Waals surface area (Å²) in [4.78, 5) is 45.2. The van der Waals surface area contributed by atoms with E-state index in [1.807, 2.05) is 0 Å². The standard InChI is InChI=1S/C22H17ClF4N4O6/c1-11(2)29-37-19(33)10-35-20-15(5-4-6-28-20)36-16-8-14(13(24)7-12(16)23)31-18(32)9-17(22(25,26)27)30(3)21(31)34/h4-9H,10H2,1-3H3. The van der Waals surface area contributed by atoms with Gasteiger partial charge in [0.05, 0.1) is 16.4 Å². The first-order valence-corrected chi connectivity index (χ1v) is 10.5. The third-order valence-corrected chi connectivity index (χ3v) is 4.76. The summed E-state index contributed by atoms with van der Waals surface area (Å²) in [6.45, 7) is 2.60. The van der Waals surface area contributed by atoms with Gasteiger partial charge in [-0.05, 0) is 32.0 Å². The highest BCUT2D eigenvalue weighted by atomic mass is 35.5. The van der Waals surface area contributed by atoms with Crippen LogP contribution in [0.1, 0.15) is 19.5 Å². The second-order valence-corrected chi connectivity index (χ2v) is 7.88. The molecule has 10 nitrogen and oxygen atoms in total. The van der Waals surface area contributed by atoms with Crippen LogP contribution in [0.4, 0.5) is 17.6 Å². The maximum absolute atomic E-state index is 14.7. The second kappa shape index (κ2) is 10.8. The molecule has 3 aromatic rings. The molecular weight excluding hydrogens is 528 g/mol. The fraction of sp³-hybridized carbons (Fsp3) is 0.227. The molecular formula is C22H17ClF4N4O6. The lowest BCUT2D eigenvalue weighted by Gasteiger charge is -2.16. The number of benzene rings is 1. The van der Waals surface area contributed by atoms with Crippen molar-refractivity contribution in [2.45, 2.75) is 20.0 Å². The summed E-state index contributed by atoms with van der Waals surface area (Å²) >= 11 is 6.05. The first-order valence-electron chi connectivity index (χ1n) is 10.2. The van der Waals surface area contributed by atoms with E-state index in [2.05, 4.69) is 15.0 Å². The molecule has 0 atom stereocenters. The molecule has 2 heterocycles. The van der Waals surface area contributed by atoms with Gasteiger partial charge in [-0.25, -0.2) is 23.5 Å². The van der Waals surface area contributed by atoms with Gasteiger partial charge in [0, 0.05) is 25.4 Å². The molecule has 0 radical (unpaired) electrons. The molecule has 0 bridgehead atoms. The predicted octanol–water partition coefficient (Wildman–Crippen LogP) is 3.85. The predicted molar refractivity (Wildman–Crippen MR) is 122 cm³/mol. The molecule has 0 unspecified atom stereocenters. The molecule has 0 N–H and O–H groups in total. The van der Waals surface area contributed by atoms with E-state index in [-0.39, 0.29) is 37.6 Å². The number of aromatic nitrogens is 3. The number of hydrogen-bond acceptors (Lipinski definition) is 8. The van der Waals surface area contributed by atoms with E-state index in [4.69, 9.17) is 21.1 Å². The summed E-state index contributed by atoms with van der Waals surface area (Å²) in [6, 6.07) is 4.49. The molecule has 15 heteroatoms. The van der Waals surface area contributed by atoms with Crippen molar-refractivity contribution >= 4 is 23.3 Å². The highest BCUT2D eigenvalue weighted by molar-refractivity contribution is 6.32. The maximum Gasteiger partial charge on any atom is 0.431 e. The van der Waals surface area contributed by atoms with Crippen molar-refractivity contribution in [1.29, 1.82) is 0 Å². The highest BCUT2D eigenvalue weighted by Gasteiger charge is 2.35. The Morgan fingerprint density at radius 1 is 1.16 bits per heavy atom. The first kappa shape index (κ1) is 27.4. The molecule has 0 aliphatic rings. The number of halogens is 5. The van der Waals surface area contributed by atoms with Crippen LogP contribution in [-0.4, -0.2) is 32.4 Å². The topological polar surface area (TPSA) is 114 Å². The van der Waals surface area contributed by atoms with Gasteiger partial charge in [0.1, 0.15) is 17.3 Å². The molecule has 0 saturated heterocycles. The number of oxime groups is 1. The molecule has 0 amide bonds. The number of nitrogens with zero attached hydrogens (tertiary/aromatic N) is 4. The quantitative estimate of drug-likeness (QED) is 0.192. The number of alkyl halides is 3. The number of hydrogen-bond donors (Lipinski definition) is 0. The smallest absolute Gasteiger partial charge is 0.431 e. The highest BCUT2D eigenvalue weighted by Crippen LogP contribution is 2.36. The van der Waals surface area contributed by atoms with E-state index in [0.717, 1.165) is 13.1 Å². The lowest BCUT2D eigenvalue weighted by Crippen LogP contribution is -2.41. The van der Waals surface area contributed by atoms with E-state index < -0.39 is 47.2 Å². The van der Waals surface area contributed by atoms with E-state index in [0.29, 0.717) is 11.8 Å². The average Bonchev–Trinajstić information content (AvgIpc) is 2.81. The lowest BCUT2D eigenvalue weighted by atomic mass is 10.2. The van der Waals surface area contributed by atoms with Gasteiger partial charge < -0.3 is 14.3 Å². The summed E-state index contributed by atoms with van der Waals surface area (Å²) < 4.78 is 65.4. The first-order chi connectivity index (χ1) is 17.3. The van der Waals surface area contributed by atoms with Gasteiger partial charge >= 0.3 is 17.8 Å². The molecule has 0 aliphatic carbocycles. The van der Waals surface area contributed by atoms with Gasteiger partial charge in [0.15, 0.2) is 12.4 Å². The van der Waals surface area contributed by atoms with Crippen molar-refractivity contribution in [3.63, 3.8) is 0 Å². The zero-order valence-corrected chi connectivity index (χ0v) is 20.1. The fourth-order valence-electron chi connectivity index (χ4n) is 2.86. The van der Waals surface area contributed by atoms with Crippen LogP contribution in [0.15, 0.2) is 51.3 Å². The van der Waals surface area contributed by atoms with Crippen molar-refractivity contribution in [2.24, 2.45) is 12.2 Å². The minimum atomic E-state index is -5.00. The zero-order chi connectivity index (χ0) is 27.5. The Morgan fingerprint density at radius 3 is 2.51 bits per heavy atom. The Morgan fingerprint density at radius 2 is 1.86 bits per heavy atom. The lowest BCUT2D eigenvalue weighted by molar-refractivity contribution is -0.146. The van der Waals surface area contributed by atoms with Crippen LogP contribution in [0.2, 0.25) is 5.02 Å².